The second-order valence-corrected chi connectivity index (χ2v) is 6.25. The van der Waals surface area contributed by atoms with Crippen molar-refractivity contribution in [2.24, 2.45) is 13.0 Å². The first-order valence-corrected chi connectivity index (χ1v) is 7.99. The van der Waals surface area contributed by atoms with Crippen LogP contribution in [0.15, 0.2) is 30.7 Å². The Morgan fingerprint density at radius 1 is 1.29 bits per heavy atom. The lowest BCUT2D eigenvalue weighted by molar-refractivity contribution is -0.138. The van der Waals surface area contributed by atoms with Crippen molar-refractivity contribution in [3.05, 3.63) is 36.4 Å². The van der Waals surface area contributed by atoms with E-state index in [0.29, 0.717) is 26.1 Å². The predicted octanol–water partition coefficient (Wildman–Crippen LogP) is 0.724. The molecule has 8 heteroatoms. The molecule has 0 saturated carbocycles. The van der Waals surface area contributed by atoms with Gasteiger partial charge in [-0.2, -0.15) is 0 Å². The Bertz CT molecular complexity index is 709. The van der Waals surface area contributed by atoms with E-state index < -0.39 is 5.97 Å². The number of carboxylic acid groups (broad SMARTS) is 1. The second kappa shape index (κ2) is 6.86. The van der Waals surface area contributed by atoms with E-state index in [2.05, 4.69) is 10.3 Å². The molecule has 1 fully saturated rings. The van der Waals surface area contributed by atoms with Crippen molar-refractivity contribution in [2.75, 3.05) is 13.1 Å². The Kier molecular flexibility index (Phi) is 4.64. The highest BCUT2D eigenvalue weighted by molar-refractivity contribution is 5.77. The smallest absolute Gasteiger partial charge is 0.303 e. The molecule has 0 aromatic carbocycles. The first-order chi connectivity index (χ1) is 11.5. The van der Waals surface area contributed by atoms with Crippen LogP contribution in [0.3, 0.4) is 0 Å². The lowest BCUT2D eigenvalue weighted by Crippen LogP contribution is -2.29. The average molecular weight is 331 g/mol. The fourth-order valence-electron chi connectivity index (χ4n) is 3.28. The zero-order valence-corrected chi connectivity index (χ0v) is 13.6. The summed E-state index contributed by atoms with van der Waals surface area (Å²) in [4.78, 5) is 25.4. The summed E-state index contributed by atoms with van der Waals surface area (Å²) < 4.78 is 3.56. The van der Waals surface area contributed by atoms with Crippen molar-refractivity contribution in [3.63, 3.8) is 0 Å². The van der Waals surface area contributed by atoms with Gasteiger partial charge in [-0.15, -0.1) is 5.10 Å². The molecule has 1 N–H and O–H groups in total. The molecule has 2 aromatic heterocycles. The van der Waals surface area contributed by atoms with Gasteiger partial charge in [0.15, 0.2) is 0 Å². The largest absolute Gasteiger partial charge is 0.481 e. The van der Waals surface area contributed by atoms with E-state index in [-0.39, 0.29) is 24.2 Å². The Balaban J connectivity index is 1.66. The summed E-state index contributed by atoms with van der Waals surface area (Å²) in [5.74, 6) is -1.01. The van der Waals surface area contributed by atoms with Crippen LogP contribution < -0.4 is 0 Å². The Hall–Kier alpha value is -2.64. The van der Waals surface area contributed by atoms with Crippen molar-refractivity contribution < 1.29 is 14.7 Å². The number of carbonyl (C=O) groups is 2. The first-order valence-electron chi connectivity index (χ1n) is 7.99. The van der Waals surface area contributed by atoms with Crippen LogP contribution in [-0.4, -0.2) is 54.5 Å². The summed E-state index contributed by atoms with van der Waals surface area (Å²) in [6.07, 6.45) is 6.08. The fourth-order valence-corrected chi connectivity index (χ4v) is 3.28. The number of amides is 1. The highest BCUT2D eigenvalue weighted by atomic mass is 16.4. The number of likely N-dealkylation sites (tertiary alicyclic amines) is 1. The summed E-state index contributed by atoms with van der Waals surface area (Å²) in [5, 5.41) is 17.2. The van der Waals surface area contributed by atoms with E-state index in [4.69, 9.17) is 5.11 Å². The number of aryl methyl sites for hydroxylation is 2. The Labute approximate surface area is 139 Å². The zero-order chi connectivity index (χ0) is 17.1. The topological polar surface area (TPSA) is 93.2 Å². The van der Waals surface area contributed by atoms with Crippen LogP contribution in [-0.2, 0) is 23.2 Å². The third-order valence-electron chi connectivity index (χ3n) is 4.48. The van der Waals surface area contributed by atoms with E-state index in [1.165, 1.54) is 0 Å². The molecule has 1 aliphatic heterocycles. The molecule has 8 nitrogen and oxygen atoms in total. The molecule has 2 aromatic rings. The Morgan fingerprint density at radius 3 is 2.67 bits per heavy atom. The molecular formula is C16H21N5O3. The minimum atomic E-state index is -0.851. The normalized spacial score (nSPS) is 20.5. The van der Waals surface area contributed by atoms with Gasteiger partial charge in [0.05, 0.1) is 12.1 Å². The standard InChI is InChI=1S/C16H21N5O3/c1-19-11-14(17-18-19)13-10-21(9-12(13)8-16(23)24)15(22)4-7-20-5-2-3-6-20/h2-3,5-6,11-13H,4,7-10H2,1H3,(H,23,24)/t12-,13+/m0/s1. The molecule has 0 radical (unpaired) electrons. The van der Waals surface area contributed by atoms with E-state index >= 15 is 0 Å². The molecule has 3 heterocycles. The van der Waals surface area contributed by atoms with Crippen LogP contribution in [0.25, 0.3) is 0 Å². The van der Waals surface area contributed by atoms with Crippen LogP contribution in [0.2, 0.25) is 0 Å². The Morgan fingerprint density at radius 2 is 2.04 bits per heavy atom. The van der Waals surface area contributed by atoms with E-state index in [1.807, 2.05) is 29.1 Å². The number of aliphatic carboxylic acids is 1. The van der Waals surface area contributed by atoms with Crippen molar-refractivity contribution in [2.45, 2.75) is 25.3 Å². The van der Waals surface area contributed by atoms with Crippen molar-refractivity contribution in [1.82, 2.24) is 24.5 Å². The van der Waals surface area contributed by atoms with Gasteiger partial charge in [-0.1, -0.05) is 5.21 Å². The zero-order valence-electron chi connectivity index (χ0n) is 13.6. The van der Waals surface area contributed by atoms with E-state index in [9.17, 15) is 9.59 Å². The maximum absolute atomic E-state index is 12.5. The monoisotopic (exact) mass is 331 g/mol. The number of rotatable bonds is 6. The summed E-state index contributed by atoms with van der Waals surface area (Å²) in [7, 11) is 1.78. The van der Waals surface area contributed by atoms with Crippen LogP contribution in [0, 0.1) is 5.92 Å². The van der Waals surface area contributed by atoms with Gasteiger partial charge in [0, 0.05) is 57.6 Å². The molecule has 0 spiro atoms. The molecule has 0 unspecified atom stereocenters. The lowest BCUT2D eigenvalue weighted by atomic mass is 9.91. The average Bonchev–Trinajstić information content (AvgIpc) is 3.24. The van der Waals surface area contributed by atoms with Crippen molar-refractivity contribution >= 4 is 11.9 Å². The number of carbonyl (C=O) groups excluding carboxylic acids is 1. The molecule has 0 aliphatic carbocycles. The van der Waals surface area contributed by atoms with Crippen LogP contribution in [0.4, 0.5) is 0 Å². The summed E-state index contributed by atoms with van der Waals surface area (Å²) in [5.41, 5.74) is 0.754. The maximum Gasteiger partial charge on any atom is 0.303 e. The SMILES string of the molecule is Cn1cc([C@@H]2CN(C(=O)CCn3cccc3)C[C@@H]2CC(=O)O)nn1. The molecule has 0 bridgehead atoms. The maximum atomic E-state index is 12.5. The third kappa shape index (κ3) is 3.64. The number of hydrogen-bond acceptors (Lipinski definition) is 4. The third-order valence-corrected chi connectivity index (χ3v) is 4.48. The highest BCUT2D eigenvalue weighted by Gasteiger charge is 2.38. The van der Waals surface area contributed by atoms with Gasteiger partial charge in [-0.3, -0.25) is 14.3 Å². The predicted molar refractivity (Wildman–Crippen MR) is 85.1 cm³/mol. The first kappa shape index (κ1) is 16.2. The number of carboxylic acids is 1. The van der Waals surface area contributed by atoms with E-state index in [0.717, 1.165) is 5.69 Å². The molecule has 128 valence electrons. The van der Waals surface area contributed by atoms with Gasteiger partial charge in [0.2, 0.25) is 5.91 Å². The number of aromatic nitrogens is 4. The van der Waals surface area contributed by atoms with Crippen molar-refractivity contribution in [1.29, 1.82) is 0 Å². The minimum Gasteiger partial charge on any atom is -0.481 e. The van der Waals surface area contributed by atoms with Gasteiger partial charge >= 0.3 is 5.97 Å². The molecule has 24 heavy (non-hydrogen) atoms. The molecular weight excluding hydrogens is 310 g/mol. The minimum absolute atomic E-state index is 0.0304. The molecule has 1 aliphatic rings. The van der Waals surface area contributed by atoms with Gasteiger partial charge in [-0.05, 0) is 18.1 Å². The second-order valence-electron chi connectivity index (χ2n) is 6.25. The van der Waals surface area contributed by atoms with Gasteiger partial charge in [0.1, 0.15) is 0 Å². The van der Waals surface area contributed by atoms with E-state index in [1.54, 1.807) is 22.8 Å². The molecule has 1 amide bonds. The molecule has 1 saturated heterocycles. The van der Waals surface area contributed by atoms with Gasteiger partial charge in [-0.25, -0.2) is 0 Å². The van der Waals surface area contributed by atoms with Crippen LogP contribution in [0.5, 0.6) is 0 Å². The van der Waals surface area contributed by atoms with Crippen LogP contribution in [0.1, 0.15) is 24.5 Å². The molecule has 3 rings (SSSR count). The van der Waals surface area contributed by atoms with Crippen molar-refractivity contribution in [3.8, 4) is 0 Å². The summed E-state index contributed by atoms with van der Waals surface area (Å²) >= 11 is 0. The summed E-state index contributed by atoms with van der Waals surface area (Å²) in [6, 6.07) is 3.85. The summed E-state index contributed by atoms with van der Waals surface area (Å²) in [6.45, 7) is 1.58. The van der Waals surface area contributed by atoms with Gasteiger partial charge < -0.3 is 14.6 Å². The quantitative estimate of drug-likeness (QED) is 0.842. The molecule has 2 atom stereocenters. The van der Waals surface area contributed by atoms with Crippen LogP contribution >= 0.6 is 0 Å². The lowest BCUT2D eigenvalue weighted by Gasteiger charge is -2.16. The fraction of sp³-hybridized carbons (Fsp3) is 0.500. The number of nitrogens with zero attached hydrogens (tertiary/aromatic N) is 5. The highest BCUT2D eigenvalue weighted by Crippen LogP contribution is 2.34. The number of hydrogen-bond donors (Lipinski definition) is 1. The van der Waals surface area contributed by atoms with Gasteiger partial charge in [0.25, 0.3) is 0 Å².